The summed E-state index contributed by atoms with van der Waals surface area (Å²) in [6, 6.07) is 17.8. The normalized spacial score (nSPS) is 10.3. The Labute approximate surface area is 179 Å². The van der Waals surface area contributed by atoms with E-state index in [-0.39, 0.29) is 35.5 Å². The number of aromatic nitrogens is 1. The number of aryl methyl sites for hydroxylation is 1. The van der Waals surface area contributed by atoms with Gasteiger partial charge >= 0.3 is 5.97 Å². The molecule has 0 saturated carbocycles. The minimum Gasteiger partial charge on any atom is -0.461 e. The van der Waals surface area contributed by atoms with Crippen molar-refractivity contribution in [2.75, 3.05) is 11.9 Å². The minimum absolute atomic E-state index is 0.0467. The summed E-state index contributed by atoms with van der Waals surface area (Å²) in [4.78, 5) is 25.3. The van der Waals surface area contributed by atoms with Gasteiger partial charge in [-0.05, 0) is 49.7 Å². The van der Waals surface area contributed by atoms with Crippen molar-refractivity contribution in [3.63, 3.8) is 0 Å². The predicted molar refractivity (Wildman–Crippen MR) is 115 cm³/mol. The molecule has 7 heteroatoms. The van der Waals surface area contributed by atoms with Gasteiger partial charge in [0, 0.05) is 5.69 Å². The van der Waals surface area contributed by atoms with Gasteiger partial charge in [-0.2, -0.15) is 5.26 Å². The van der Waals surface area contributed by atoms with Gasteiger partial charge in [-0.25, -0.2) is 4.79 Å². The van der Waals surface area contributed by atoms with E-state index in [1.165, 1.54) is 6.07 Å². The zero-order valence-electron chi connectivity index (χ0n) is 16.6. The van der Waals surface area contributed by atoms with E-state index in [0.29, 0.717) is 16.8 Å². The molecular formula is C23H20ClN3O3. The zero-order chi connectivity index (χ0) is 21.7. The van der Waals surface area contributed by atoms with Crippen molar-refractivity contribution in [3.05, 3.63) is 82.1 Å². The molecule has 30 heavy (non-hydrogen) atoms. The highest BCUT2D eigenvalue weighted by atomic mass is 35.5. The third-order valence-corrected chi connectivity index (χ3v) is 4.69. The van der Waals surface area contributed by atoms with Gasteiger partial charge in [0.15, 0.2) is 5.69 Å². The lowest BCUT2D eigenvalue weighted by Crippen LogP contribution is -2.18. The summed E-state index contributed by atoms with van der Waals surface area (Å²) < 4.78 is 6.74. The van der Waals surface area contributed by atoms with Crippen LogP contribution in [0.1, 0.15) is 34.1 Å². The van der Waals surface area contributed by atoms with E-state index in [1.54, 1.807) is 35.8 Å². The molecule has 3 aromatic rings. The largest absolute Gasteiger partial charge is 0.461 e. The molecule has 0 saturated heterocycles. The second kappa shape index (κ2) is 9.29. The number of rotatable bonds is 6. The fraction of sp³-hybridized carbons (Fsp3) is 0.174. The lowest BCUT2D eigenvalue weighted by molar-refractivity contribution is -0.115. The number of carbonyl (C=O) groups excluding carboxylic acids is 2. The zero-order valence-corrected chi connectivity index (χ0v) is 17.4. The molecule has 2 aromatic carbocycles. The molecule has 1 heterocycles. The molecule has 0 radical (unpaired) electrons. The standard InChI is InChI=1S/C23H20ClN3O3/c1-3-30-23(29)22-19(13-20(24)27(22)18-9-7-15(2)8-10-18)26-21(28)12-16-5-4-6-17(11-16)14-25/h4-11,13H,3,12H2,1-2H3,(H,26,28). The lowest BCUT2D eigenvalue weighted by atomic mass is 10.1. The SMILES string of the molecule is CCOC(=O)c1c(NC(=O)Cc2cccc(C#N)c2)cc(Cl)n1-c1ccc(C)cc1. The van der Waals surface area contributed by atoms with Crippen LogP contribution in [0.4, 0.5) is 5.69 Å². The maximum atomic E-state index is 12.7. The highest BCUT2D eigenvalue weighted by Gasteiger charge is 2.24. The van der Waals surface area contributed by atoms with E-state index in [1.807, 2.05) is 37.3 Å². The molecule has 0 aliphatic heterocycles. The number of hydrogen-bond acceptors (Lipinski definition) is 4. The summed E-state index contributed by atoms with van der Waals surface area (Å²) in [7, 11) is 0. The van der Waals surface area contributed by atoms with E-state index in [2.05, 4.69) is 5.32 Å². The molecule has 152 valence electrons. The molecule has 1 N–H and O–H groups in total. The molecular weight excluding hydrogens is 402 g/mol. The molecule has 1 amide bonds. The van der Waals surface area contributed by atoms with Crippen LogP contribution < -0.4 is 5.32 Å². The molecule has 0 atom stereocenters. The van der Waals surface area contributed by atoms with Crippen LogP contribution in [-0.4, -0.2) is 23.1 Å². The van der Waals surface area contributed by atoms with Crippen LogP contribution in [0.2, 0.25) is 5.15 Å². The van der Waals surface area contributed by atoms with Gasteiger partial charge in [0.05, 0.1) is 30.3 Å². The van der Waals surface area contributed by atoms with E-state index >= 15 is 0 Å². The van der Waals surface area contributed by atoms with Gasteiger partial charge in [-0.15, -0.1) is 0 Å². The van der Waals surface area contributed by atoms with Crippen molar-refractivity contribution in [1.82, 2.24) is 4.57 Å². The molecule has 3 rings (SSSR count). The maximum Gasteiger partial charge on any atom is 0.357 e. The molecule has 0 aliphatic carbocycles. The van der Waals surface area contributed by atoms with Gasteiger partial charge in [0.1, 0.15) is 5.15 Å². The van der Waals surface area contributed by atoms with Crippen molar-refractivity contribution in [3.8, 4) is 11.8 Å². The third-order valence-electron chi connectivity index (χ3n) is 4.41. The first kappa shape index (κ1) is 21.2. The molecule has 0 spiro atoms. The Morgan fingerprint density at radius 1 is 1.17 bits per heavy atom. The van der Waals surface area contributed by atoms with Gasteiger partial charge in [-0.3, -0.25) is 9.36 Å². The minimum atomic E-state index is -0.591. The number of nitrogens with zero attached hydrogens (tertiary/aromatic N) is 2. The molecule has 0 bridgehead atoms. The first-order valence-corrected chi connectivity index (χ1v) is 9.75. The van der Waals surface area contributed by atoms with Crippen molar-refractivity contribution in [2.45, 2.75) is 20.3 Å². The number of nitrogens with one attached hydrogen (secondary N) is 1. The van der Waals surface area contributed by atoms with Gasteiger partial charge in [0.25, 0.3) is 0 Å². The number of anilines is 1. The molecule has 0 aliphatic rings. The van der Waals surface area contributed by atoms with E-state index in [4.69, 9.17) is 21.6 Å². The van der Waals surface area contributed by atoms with Crippen molar-refractivity contribution >= 4 is 29.2 Å². The number of carbonyl (C=O) groups is 2. The first-order chi connectivity index (χ1) is 14.4. The number of benzene rings is 2. The Kier molecular flexibility index (Phi) is 6.55. The van der Waals surface area contributed by atoms with Crippen LogP contribution in [0, 0.1) is 18.3 Å². The predicted octanol–water partition coefficient (Wildman–Crippen LogP) is 4.67. The monoisotopic (exact) mass is 421 g/mol. The highest BCUT2D eigenvalue weighted by molar-refractivity contribution is 6.31. The van der Waals surface area contributed by atoms with Crippen molar-refractivity contribution in [1.29, 1.82) is 5.26 Å². The molecule has 0 unspecified atom stereocenters. The number of esters is 1. The van der Waals surface area contributed by atoms with Crippen LogP contribution in [0.15, 0.2) is 54.6 Å². The summed E-state index contributed by atoms with van der Waals surface area (Å²) in [6.45, 7) is 3.85. The van der Waals surface area contributed by atoms with Crippen LogP contribution in [0.5, 0.6) is 0 Å². The summed E-state index contributed by atoms with van der Waals surface area (Å²) >= 11 is 6.42. The van der Waals surface area contributed by atoms with Crippen LogP contribution in [-0.2, 0) is 16.0 Å². The maximum absolute atomic E-state index is 12.7. The number of nitriles is 1. The molecule has 1 aromatic heterocycles. The fourth-order valence-corrected chi connectivity index (χ4v) is 3.34. The molecule has 6 nitrogen and oxygen atoms in total. The summed E-state index contributed by atoms with van der Waals surface area (Å²) in [5.41, 5.74) is 3.31. The first-order valence-electron chi connectivity index (χ1n) is 9.37. The van der Waals surface area contributed by atoms with Crippen LogP contribution >= 0.6 is 11.6 Å². The summed E-state index contributed by atoms with van der Waals surface area (Å²) in [6.07, 6.45) is 0.0467. The summed E-state index contributed by atoms with van der Waals surface area (Å²) in [5.74, 6) is -0.930. The number of ether oxygens (including phenoxy) is 1. The van der Waals surface area contributed by atoms with Gasteiger partial charge in [0.2, 0.25) is 5.91 Å². The quantitative estimate of drug-likeness (QED) is 0.586. The fourth-order valence-electron chi connectivity index (χ4n) is 3.05. The number of hydrogen-bond donors (Lipinski definition) is 1. The van der Waals surface area contributed by atoms with Gasteiger partial charge in [-0.1, -0.05) is 41.4 Å². The number of amides is 1. The van der Waals surface area contributed by atoms with Crippen molar-refractivity contribution in [2.24, 2.45) is 0 Å². The Hall–Kier alpha value is -3.56. The lowest BCUT2D eigenvalue weighted by Gasteiger charge is -2.12. The number of halogens is 1. The topological polar surface area (TPSA) is 84.1 Å². The third kappa shape index (κ3) is 4.70. The Balaban J connectivity index is 1.94. The van der Waals surface area contributed by atoms with Gasteiger partial charge < -0.3 is 10.1 Å². The molecule has 0 fully saturated rings. The average Bonchev–Trinajstić information content (AvgIpc) is 3.04. The Morgan fingerprint density at radius 3 is 2.57 bits per heavy atom. The van der Waals surface area contributed by atoms with Crippen LogP contribution in [0.25, 0.3) is 5.69 Å². The smallest absolute Gasteiger partial charge is 0.357 e. The van der Waals surface area contributed by atoms with E-state index in [0.717, 1.165) is 5.56 Å². The Bertz CT molecular complexity index is 1130. The second-order valence-electron chi connectivity index (χ2n) is 6.66. The van der Waals surface area contributed by atoms with E-state index < -0.39 is 5.97 Å². The summed E-state index contributed by atoms with van der Waals surface area (Å²) in [5, 5.41) is 12.0. The highest BCUT2D eigenvalue weighted by Crippen LogP contribution is 2.30. The van der Waals surface area contributed by atoms with Crippen molar-refractivity contribution < 1.29 is 14.3 Å². The van der Waals surface area contributed by atoms with E-state index in [9.17, 15) is 9.59 Å². The average molecular weight is 422 g/mol. The second-order valence-corrected chi connectivity index (χ2v) is 7.05. The van der Waals surface area contributed by atoms with Crippen LogP contribution in [0.3, 0.4) is 0 Å². The Morgan fingerprint density at radius 2 is 1.90 bits per heavy atom.